The fourth-order valence-electron chi connectivity index (χ4n) is 1.75. The van der Waals surface area contributed by atoms with E-state index in [2.05, 4.69) is 26.3 Å². The highest BCUT2D eigenvalue weighted by molar-refractivity contribution is 9.09. The highest BCUT2D eigenvalue weighted by Crippen LogP contribution is 2.19. The Morgan fingerprint density at radius 1 is 1.39 bits per heavy atom. The zero-order chi connectivity index (χ0) is 13.1. The third kappa shape index (κ3) is 2.61. The molecule has 2 aromatic rings. The van der Waals surface area contributed by atoms with E-state index in [0.29, 0.717) is 5.82 Å². The summed E-state index contributed by atoms with van der Waals surface area (Å²) in [5, 5.41) is 7.51. The number of benzene rings is 1. The van der Waals surface area contributed by atoms with Gasteiger partial charge in [0.15, 0.2) is 0 Å². The molecular formula is C13H14BrN3O. The summed E-state index contributed by atoms with van der Waals surface area (Å²) in [4.78, 5) is 11.5. The third-order valence-electron chi connectivity index (χ3n) is 2.56. The zero-order valence-electron chi connectivity index (χ0n) is 10.3. The van der Waals surface area contributed by atoms with Crippen molar-refractivity contribution in [3.05, 3.63) is 41.6 Å². The molecule has 1 N–H and O–H groups in total. The molecule has 0 aliphatic carbocycles. The molecule has 0 radical (unpaired) electrons. The number of carbonyl (C=O) groups excluding carboxylic acids is 1. The summed E-state index contributed by atoms with van der Waals surface area (Å²) in [5.41, 5.74) is 2.94. The Kier molecular flexibility index (Phi) is 3.81. The second-order valence-electron chi connectivity index (χ2n) is 4.05. The fraction of sp³-hybridized carbons (Fsp3) is 0.231. The quantitative estimate of drug-likeness (QED) is 0.886. The van der Waals surface area contributed by atoms with Crippen molar-refractivity contribution in [2.24, 2.45) is 0 Å². The molecule has 18 heavy (non-hydrogen) atoms. The van der Waals surface area contributed by atoms with E-state index >= 15 is 0 Å². The Balaban J connectivity index is 2.45. The summed E-state index contributed by atoms with van der Waals surface area (Å²) in [7, 11) is 0. The summed E-state index contributed by atoms with van der Waals surface area (Å²) in [5.74, 6) is 0.594. The number of anilines is 1. The van der Waals surface area contributed by atoms with Crippen molar-refractivity contribution in [3.63, 3.8) is 0 Å². The van der Waals surface area contributed by atoms with Gasteiger partial charge in [-0.3, -0.25) is 4.79 Å². The number of carbonyl (C=O) groups is 1. The lowest BCUT2D eigenvalue weighted by Gasteiger charge is -2.10. The van der Waals surface area contributed by atoms with Gasteiger partial charge in [-0.2, -0.15) is 5.10 Å². The predicted molar refractivity (Wildman–Crippen MR) is 75.5 cm³/mol. The molecule has 1 aromatic carbocycles. The standard InChI is InChI=1S/C13H14BrN3O/c1-9-5-3-4-6-11(9)17-12(7-10(2)16-17)15-13(18)8-14/h3-7H,8H2,1-2H3,(H,15,18). The molecule has 0 saturated heterocycles. The summed E-state index contributed by atoms with van der Waals surface area (Å²) in [6.45, 7) is 3.92. The molecule has 1 aromatic heterocycles. The van der Waals surface area contributed by atoms with Gasteiger partial charge >= 0.3 is 0 Å². The van der Waals surface area contributed by atoms with Crippen LogP contribution in [0.1, 0.15) is 11.3 Å². The van der Waals surface area contributed by atoms with Gasteiger partial charge in [0, 0.05) is 6.07 Å². The van der Waals surface area contributed by atoms with E-state index in [1.54, 1.807) is 4.68 Å². The van der Waals surface area contributed by atoms with E-state index in [4.69, 9.17) is 0 Å². The van der Waals surface area contributed by atoms with E-state index in [-0.39, 0.29) is 11.2 Å². The van der Waals surface area contributed by atoms with E-state index < -0.39 is 0 Å². The molecule has 0 fully saturated rings. The van der Waals surface area contributed by atoms with Gasteiger partial charge in [0.1, 0.15) is 5.82 Å². The maximum atomic E-state index is 11.5. The van der Waals surface area contributed by atoms with Crippen LogP contribution in [0.5, 0.6) is 0 Å². The van der Waals surface area contributed by atoms with Gasteiger partial charge in [-0.05, 0) is 25.5 Å². The first kappa shape index (κ1) is 12.8. The molecule has 1 heterocycles. The van der Waals surface area contributed by atoms with Gasteiger partial charge in [-0.1, -0.05) is 34.1 Å². The molecular weight excluding hydrogens is 294 g/mol. The van der Waals surface area contributed by atoms with E-state index in [0.717, 1.165) is 16.9 Å². The number of nitrogens with one attached hydrogen (secondary N) is 1. The monoisotopic (exact) mass is 307 g/mol. The average molecular weight is 308 g/mol. The molecule has 5 heteroatoms. The van der Waals surface area contributed by atoms with Crippen LogP contribution >= 0.6 is 15.9 Å². The van der Waals surface area contributed by atoms with Crippen LogP contribution in [0.4, 0.5) is 5.82 Å². The van der Waals surface area contributed by atoms with Gasteiger partial charge in [0.05, 0.1) is 16.7 Å². The van der Waals surface area contributed by atoms with Gasteiger partial charge < -0.3 is 5.32 Å². The van der Waals surface area contributed by atoms with Crippen LogP contribution in [0.2, 0.25) is 0 Å². The van der Waals surface area contributed by atoms with Crippen LogP contribution in [0.15, 0.2) is 30.3 Å². The minimum absolute atomic E-state index is 0.0928. The van der Waals surface area contributed by atoms with E-state index in [1.807, 2.05) is 44.2 Å². The summed E-state index contributed by atoms with van der Waals surface area (Å²) in [6, 6.07) is 9.78. The number of hydrogen-bond donors (Lipinski definition) is 1. The SMILES string of the molecule is Cc1cc(NC(=O)CBr)n(-c2ccccc2C)n1. The number of hydrogen-bond acceptors (Lipinski definition) is 2. The van der Waals surface area contributed by atoms with E-state index in [9.17, 15) is 4.79 Å². The number of aryl methyl sites for hydroxylation is 2. The predicted octanol–water partition coefficient (Wildman–Crippen LogP) is 2.82. The largest absolute Gasteiger partial charge is 0.310 e. The lowest BCUT2D eigenvalue weighted by molar-refractivity contribution is -0.113. The number of para-hydroxylation sites is 1. The molecule has 4 nitrogen and oxygen atoms in total. The van der Waals surface area contributed by atoms with Gasteiger partial charge in [0.2, 0.25) is 5.91 Å². The summed E-state index contributed by atoms with van der Waals surface area (Å²) >= 11 is 3.13. The Labute approximate surface area is 114 Å². The molecule has 1 amide bonds. The lowest BCUT2D eigenvalue weighted by atomic mass is 10.2. The first-order valence-electron chi connectivity index (χ1n) is 5.60. The fourth-order valence-corrected chi connectivity index (χ4v) is 1.89. The van der Waals surface area contributed by atoms with Gasteiger partial charge in [0.25, 0.3) is 0 Å². The smallest absolute Gasteiger partial charge is 0.236 e. The molecule has 0 spiro atoms. The molecule has 2 rings (SSSR count). The van der Waals surface area contributed by atoms with Crippen LogP contribution in [0.3, 0.4) is 0 Å². The van der Waals surface area contributed by atoms with Crippen molar-refractivity contribution in [2.75, 3.05) is 10.6 Å². The van der Waals surface area contributed by atoms with Gasteiger partial charge in [-0.15, -0.1) is 0 Å². The van der Waals surface area contributed by atoms with Crippen molar-refractivity contribution < 1.29 is 4.79 Å². The van der Waals surface area contributed by atoms with E-state index in [1.165, 1.54) is 0 Å². The highest BCUT2D eigenvalue weighted by Gasteiger charge is 2.11. The maximum absolute atomic E-state index is 11.5. The number of alkyl halides is 1. The topological polar surface area (TPSA) is 46.9 Å². The number of rotatable bonds is 3. The minimum Gasteiger partial charge on any atom is -0.310 e. The average Bonchev–Trinajstić information content (AvgIpc) is 2.70. The highest BCUT2D eigenvalue weighted by atomic mass is 79.9. The van der Waals surface area contributed by atoms with Crippen molar-refractivity contribution >= 4 is 27.7 Å². The number of nitrogens with zero attached hydrogens (tertiary/aromatic N) is 2. The Bertz CT molecular complexity index is 577. The molecule has 0 aliphatic rings. The lowest BCUT2D eigenvalue weighted by Crippen LogP contribution is -2.15. The van der Waals surface area contributed by atoms with Crippen molar-refractivity contribution in [3.8, 4) is 5.69 Å². The molecule has 0 atom stereocenters. The Hall–Kier alpha value is -1.62. The van der Waals surface area contributed by atoms with Crippen molar-refractivity contribution in [1.29, 1.82) is 0 Å². The summed E-state index contributed by atoms with van der Waals surface area (Å²) in [6.07, 6.45) is 0. The van der Waals surface area contributed by atoms with Crippen LogP contribution in [-0.4, -0.2) is 21.0 Å². The molecule has 0 aliphatic heterocycles. The van der Waals surface area contributed by atoms with Crippen LogP contribution in [-0.2, 0) is 4.79 Å². The van der Waals surface area contributed by atoms with Crippen LogP contribution in [0.25, 0.3) is 5.69 Å². The Morgan fingerprint density at radius 2 is 2.11 bits per heavy atom. The molecule has 94 valence electrons. The minimum atomic E-state index is -0.0928. The first-order chi connectivity index (χ1) is 8.61. The molecule has 0 bridgehead atoms. The van der Waals surface area contributed by atoms with Crippen LogP contribution in [0, 0.1) is 13.8 Å². The van der Waals surface area contributed by atoms with Crippen molar-refractivity contribution in [1.82, 2.24) is 9.78 Å². The molecule has 0 unspecified atom stereocenters. The maximum Gasteiger partial charge on any atom is 0.236 e. The molecule has 0 saturated carbocycles. The van der Waals surface area contributed by atoms with Crippen molar-refractivity contribution in [2.45, 2.75) is 13.8 Å². The van der Waals surface area contributed by atoms with Crippen LogP contribution < -0.4 is 5.32 Å². The first-order valence-corrected chi connectivity index (χ1v) is 6.72. The zero-order valence-corrected chi connectivity index (χ0v) is 11.9. The Morgan fingerprint density at radius 3 is 2.78 bits per heavy atom. The number of amides is 1. The number of halogens is 1. The second kappa shape index (κ2) is 5.35. The van der Waals surface area contributed by atoms with Gasteiger partial charge in [-0.25, -0.2) is 4.68 Å². The second-order valence-corrected chi connectivity index (χ2v) is 4.61. The summed E-state index contributed by atoms with van der Waals surface area (Å²) < 4.78 is 1.76. The normalized spacial score (nSPS) is 10.4. The third-order valence-corrected chi connectivity index (χ3v) is 3.07. The number of aromatic nitrogens is 2.